The smallest absolute Gasteiger partial charge is 0.138 e. The Labute approximate surface area is 106 Å². The number of pyridine rings is 1. The molecule has 3 rings (SSSR count). The number of para-hydroxylation sites is 1. The maximum absolute atomic E-state index is 10.1. The maximum atomic E-state index is 10.1. The summed E-state index contributed by atoms with van der Waals surface area (Å²) in [6.45, 7) is 3.54. The first-order valence-electron chi connectivity index (χ1n) is 6.42. The summed E-state index contributed by atoms with van der Waals surface area (Å²) >= 11 is 0. The molecular weight excluding hydrogens is 226 g/mol. The van der Waals surface area contributed by atoms with Crippen LogP contribution in [0.25, 0.3) is 10.9 Å². The highest BCUT2D eigenvalue weighted by Crippen LogP contribution is 2.33. The fraction of sp³-hybridized carbons (Fsp3) is 0.400. The van der Waals surface area contributed by atoms with Gasteiger partial charge in [-0.05, 0) is 31.4 Å². The Kier molecular flexibility index (Phi) is 2.92. The van der Waals surface area contributed by atoms with Crippen LogP contribution in [0.3, 0.4) is 0 Å². The molecule has 1 unspecified atom stereocenters. The summed E-state index contributed by atoms with van der Waals surface area (Å²) < 4.78 is 5.48. The van der Waals surface area contributed by atoms with Gasteiger partial charge in [-0.1, -0.05) is 18.2 Å². The minimum Gasteiger partial charge on any atom is -0.506 e. The molecule has 3 nitrogen and oxygen atoms in total. The third-order valence-electron chi connectivity index (χ3n) is 3.60. The number of ether oxygens (including phenoxy) is 1. The van der Waals surface area contributed by atoms with Gasteiger partial charge >= 0.3 is 0 Å². The molecule has 1 aliphatic rings. The Balaban J connectivity index is 2.11. The van der Waals surface area contributed by atoms with Crippen LogP contribution in [-0.2, 0) is 4.74 Å². The summed E-state index contributed by atoms with van der Waals surface area (Å²) in [7, 11) is 0. The van der Waals surface area contributed by atoms with Crippen LogP contribution in [0.1, 0.15) is 30.0 Å². The van der Waals surface area contributed by atoms with Crippen LogP contribution < -0.4 is 0 Å². The van der Waals surface area contributed by atoms with Crippen LogP contribution in [0.15, 0.2) is 24.3 Å². The minimum atomic E-state index is 0.225. The van der Waals surface area contributed by atoms with Crippen LogP contribution in [0.5, 0.6) is 5.75 Å². The van der Waals surface area contributed by atoms with Crippen molar-refractivity contribution in [3.8, 4) is 5.75 Å². The van der Waals surface area contributed by atoms with E-state index in [1.54, 1.807) is 0 Å². The van der Waals surface area contributed by atoms with E-state index in [1.807, 2.05) is 31.2 Å². The largest absolute Gasteiger partial charge is 0.506 e. The maximum Gasteiger partial charge on any atom is 0.138 e. The van der Waals surface area contributed by atoms with Gasteiger partial charge in [0.05, 0.1) is 17.8 Å². The lowest BCUT2D eigenvalue weighted by Gasteiger charge is -2.22. The van der Waals surface area contributed by atoms with E-state index in [1.165, 1.54) is 0 Å². The molecule has 1 aromatic carbocycles. The molecule has 0 saturated carbocycles. The molecule has 1 aliphatic heterocycles. The van der Waals surface area contributed by atoms with Gasteiger partial charge in [-0.25, -0.2) is 4.98 Å². The van der Waals surface area contributed by atoms with Crippen molar-refractivity contribution in [2.45, 2.75) is 25.7 Å². The van der Waals surface area contributed by atoms with Gasteiger partial charge in [-0.15, -0.1) is 0 Å². The molecule has 0 bridgehead atoms. The Morgan fingerprint density at radius 2 is 2.28 bits per heavy atom. The average molecular weight is 243 g/mol. The lowest BCUT2D eigenvalue weighted by Crippen LogP contribution is -2.16. The molecule has 0 radical (unpaired) electrons. The van der Waals surface area contributed by atoms with E-state index in [4.69, 9.17) is 4.74 Å². The Bertz CT molecular complexity index is 574. The van der Waals surface area contributed by atoms with Crippen LogP contribution >= 0.6 is 0 Å². The minimum absolute atomic E-state index is 0.225. The summed E-state index contributed by atoms with van der Waals surface area (Å²) in [5, 5.41) is 11.1. The molecule has 1 atom stereocenters. The van der Waals surface area contributed by atoms with Crippen molar-refractivity contribution in [3.63, 3.8) is 0 Å². The lowest BCUT2D eigenvalue weighted by molar-refractivity contribution is 0.0786. The highest BCUT2D eigenvalue weighted by molar-refractivity contribution is 5.83. The van der Waals surface area contributed by atoms with Crippen molar-refractivity contribution >= 4 is 10.9 Å². The second-order valence-corrected chi connectivity index (χ2v) is 4.95. The number of rotatable bonds is 1. The summed E-state index contributed by atoms with van der Waals surface area (Å²) in [5.74, 6) is 0.520. The van der Waals surface area contributed by atoms with Crippen molar-refractivity contribution in [2.24, 2.45) is 0 Å². The van der Waals surface area contributed by atoms with Crippen LogP contribution in [-0.4, -0.2) is 23.3 Å². The van der Waals surface area contributed by atoms with Gasteiger partial charge in [0.2, 0.25) is 0 Å². The van der Waals surface area contributed by atoms with Gasteiger partial charge in [0.15, 0.2) is 0 Å². The predicted molar refractivity (Wildman–Crippen MR) is 70.9 cm³/mol. The average Bonchev–Trinajstić information content (AvgIpc) is 2.39. The number of nitrogens with zero attached hydrogens (tertiary/aromatic N) is 1. The summed E-state index contributed by atoms with van der Waals surface area (Å²) in [5.41, 5.74) is 2.91. The van der Waals surface area contributed by atoms with E-state index < -0.39 is 0 Å². The van der Waals surface area contributed by atoms with Gasteiger partial charge < -0.3 is 9.84 Å². The third kappa shape index (κ3) is 1.95. The third-order valence-corrected chi connectivity index (χ3v) is 3.60. The predicted octanol–water partition coefficient (Wildman–Crippen LogP) is 3.14. The van der Waals surface area contributed by atoms with E-state index >= 15 is 0 Å². The Hall–Kier alpha value is -1.61. The zero-order valence-corrected chi connectivity index (χ0v) is 10.5. The quantitative estimate of drug-likeness (QED) is 0.836. The van der Waals surface area contributed by atoms with Crippen LogP contribution in [0, 0.1) is 6.92 Å². The number of aromatic hydroxyl groups is 1. The topological polar surface area (TPSA) is 42.4 Å². The molecule has 1 aromatic heterocycles. The summed E-state index contributed by atoms with van der Waals surface area (Å²) in [6.07, 6.45) is 2.08. The fourth-order valence-electron chi connectivity index (χ4n) is 2.61. The number of aryl methyl sites for hydroxylation is 1. The molecule has 0 aliphatic carbocycles. The number of aromatic nitrogens is 1. The van der Waals surface area contributed by atoms with Crippen molar-refractivity contribution in [2.75, 3.05) is 13.2 Å². The fourth-order valence-corrected chi connectivity index (χ4v) is 2.61. The molecule has 2 aromatic rings. The molecule has 2 heterocycles. The monoisotopic (exact) mass is 243 g/mol. The summed E-state index contributed by atoms with van der Waals surface area (Å²) in [6, 6.07) is 7.84. The first-order valence-corrected chi connectivity index (χ1v) is 6.42. The van der Waals surface area contributed by atoms with Gasteiger partial charge in [0.25, 0.3) is 0 Å². The SMILES string of the molecule is Cc1cccc2cc(O)c(C3CCCOC3)nc12. The highest BCUT2D eigenvalue weighted by atomic mass is 16.5. The van der Waals surface area contributed by atoms with E-state index in [-0.39, 0.29) is 5.92 Å². The summed E-state index contributed by atoms with van der Waals surface area (Å²) in [4.78, 5) is 4.67. The molecule has 94 valence electrons. The number of fused-ring (bicyclic) bond motifs is 1. The number of hydrogen-bond acceptors (Lipinski definition) is 3. The lowest BCUT2D eigenvalue weighted by atomic mass is 9.96. The zero-order chi connectivity index (χ0) is 12.5. The molecule has 18 heavy (non-hydrogen) atoms. The standard InChI is InChI=1S/C15H17NO2/c1-10-4-2-5-11-8-13(17)15(16-14(10)11)12-6-3-7-18-9-12/h2,4-5,8,12,17H,3,6-7,9H2,1H3. The van der Waals surface area contributed by atoms with Crippen LogP contribution in [0.2, 0.25) is 0 Å². The van der Waals surface area contributed by atoms with E-state index in [0.29, 0.717) is 12.4 Å². The van der Waals surface area contributed by atoms with Crippen molar-refractivity contribution in [3.05, 3.63) is 35.5 Å². The molecular formula is C15H17NO2. The molecule has 1 N–H and O–H groups in total. The zero-order valence-electron chi connectivity index (χ0n) is 10.5. The molecule has 1 fully saturated rings. The van der Waals surface area contributed by atoms with E-state index in [0.717, 1.165) is 41.6 Å². The van der Waals surface area contributed by atoms with Crippen molar-refractivity contribution in [1.29, 1.82) is 0 Å². The molecule has 1 saturated heterocycles. The molecule has 3 heteroatoms. The Morgan fingerprint density at radius 1 is 1.39 bits per heavy atom. The highest BCUT2D eigenvalue weighted by Gasteiger charge is 2.21. The second-order valence-electron chi connectivity index (χ2n) is 4.95. The number of hydrogen-bond donors (Lipinski definition) is 1. The normalized spacial score (nSPS) is 20.2. The molecule has 0 amide bonds. The number of benzene rings is 1. The van der Waals surface area contributed by atoms with Gasteiger partial charge in [-0.3, -0.25) is 0 Å². The van der Waals surface area contributed by atoms with Crippen molar-refractivity contribution < 1.29 is 9.84 Å². The second kappa shape index (κ2) is 4.58. The van der Waals surface area contributed by atoms with Crippen LogP contribution in [0.4, 0.5) is 0 Å². The first-order chi connectivity index (χ1) is 8.75. The van der Waals surface area contributed by atoms with Crippen molar-refractivity contribution in [1.82, 2.24) is 4.98 Å². The van der Waals surface area contributed by atoms with Gasteiger partial charge in [0.1, 0.15) is 5.75 Å². The molecule has 0 spiro atoms. The van der Waals surface area contributed by atoms with Gasteiger partial charge in [0, 0.05) is 17.9 Å². The first kappa shape index (κ1) is 11.5. The van der Waals surface area contributed by atoms with E-state index in [2.05, 4.69) is 4.98 Å². The van der Waals surface area contributed by atoms with Gasteiger partial charge in [-0.2, -0.15) is 0 Å². The van der Waals surface area contributed by atoms with E-state index in [9.17, 15) is 5.11 Å². The Morgan fingerprint density at radius 3 is 3.06 bits per heavy atom.